The molecule has 0 heterocycles. The Bertz CT molecular complexity index is 1270. The fourth-order valence-electron chi connectivity index (χ4n) is 2.83. The maximum Gasteiger partial charge on any atom is 0.416 e. The lowest BCUT2D eigenvalue weighted by Gasteiger charge is -2.09. The van der Waals surface area contributed by atoms with Gasteiger partial charge in [0, 0.05) is 6.07 Å². The predicted molar refractivity (Wildman–Crippen MR) is 112 cm³/mol. The molecular formula is C22H13F3N2O5S. The second-order valence-electron chi connectivity index (χ2n) is 6.61. The first kappa shape index (κ1) is 23.6. The molecule has 11 heteroatoms. The normalized spacial score (nSPS) is 11.9. The lowest BCUT2D eigenvalue weighted by molar-refractivity contribution is -0.388. The Balaban J connectivity index is 1.70. The summed E-state index contributed by atoms with van der Waals surface area (Å²) in [7, 11) is -2.30. The summed E-state index contributed by atoms with van der Waals surface area (Å²) < 4.78 is 55.9. The number of nitrogens with zero attached hydrogens (tertiary/aromatic N) is 2. The molecule has 0 bridgehead atoms. The second-order valence-corrected chi connectivity index (χ2v) is 8.03. The molecule has 0 fully saturated rings. The molecule has 0 aliphatic heterocycles. The molecule has 0 saturated heterocycles. The number of nitriles is 1. The third kappa shape index (κ3) is 5.81. The van der Waals surface area contributed by atoms with Crippen LogP contribution >= 0.6 is 0 Å². The highest BCUT2D eigenvalue weighted by molar-refractivity contribution is 7.85. The van der Waals surface area contributed by atoms with E-state index in [-0.39, 0.29) is 11.8 Å². The van der Waals surface area contributed by atoms with Crippen LogP contribution < -0.4 is 4.74 Å². The first-order valence-electron chi connectivity index (χ1n) is 9.14. The molecule has 0 aliphatic carbocycles. The fraction of sp³-hybridized carbons (Fsp3) is 0.0909. The van der Waals surface area contributed by atoms with Crippen LogP contribution in [-0.2, 0) is 21.8 Å². The van der Waals surface area contributed by atoms with E-state index in [4.69, 9.17) is 10.00 Å². The number of nitro benzene ring substituents is 1. The van der Waals surface area contributed by atoms with Crippen LogP contribution in [0.2, 0.25) is 0 Å². The maximum atomic E-state index is 12.8. The molecule has 33 heavy (non-hydrogen) atoms. The molecule has 1 atom stereocenters. The van der Waals surface area contributed by atoms with Gasteiger partial charge in [0.1, 0.15) is 16.4 Å². The Labute approximate surface area is 187 Å². The molecule has 0 aliphatic rings. The van der Waals surface area contributed by atoms with Crippen molar-refractivity contribution in [2.45, 2.75) is 11.1 Å². The first-order valence-corrected chi connectivity index (χ1v) is 10.5. The standard InChI is InChI=1S/C22H13F3N2O5S/c23-22(24,25)17-7-10-20(19(11-17)27(29)30)33(31)13-21(28)32-18-8-5-16(6-9-18)15-3-1-14(12-26)2-4-15/h1-11H,13H2/t33-/m0/s1. The number of benzene rings is 3. The van der Waals surface area contributed by atoms with Crippen molar-refractivity contribution in [1.82, 2.24) is 0 Å². The minimum Gasteiger partial charge on any atom is -0.426 e. The summed E-state index contributed by atoms with van der Waals surface area (Å²) in [5, 5.41) is 20.0. The molecule has 168 valence electrons. The van der Waals surface area contributed by atoms with Crippen LogP contribution in [0, 0.1) is 21.4 Å². The maximum absolute atomic E-state index is 12.8. The summed E-state index contributed by atoms with van der Waals surface area (Å²) in [5.41, 5.74) is -0.154. The molecule has 0 saturated carbocycles. The van der Waals surface area contributed by atoms with Gasteiger partial charge in [0.2, 0.25) is 0 Å². The van der Waals surface area contributed by atoms with Gasteiger partial charge < -0.3 is 4.74 Å². The summed E-state index contributed by atoms with van der Waals surface area (Å²) in [6.07, 6.45) is -4.81. The summed E-state index contributed by atoms with van der Waals surface area (Å²) >= 11 is 0. The van der Waals surface area contributed by atoms with Crippen LogP contribution in [0.4, 0.5) is 18.9 Å². The van der Waals surface area contributed by atoms with Gasteiger partial charge in [-0.2, -0.15) is 18.4 Å². The Hall–Kier alpha value is -4.04. The Morgan fingerprint density at radius 1 is 1.03 bits per heavy atom. The number of alkyl halides is 3. The molecule has 0 radical (unpaired) electrons. The van der Waals surface area contributed by atoms with E-state index in [9.17, 15) is 32.3 Å². The third-order valence-electron chi connectivity index (χ3n) is 4.41. The fourth-order valence-corrected chi connectivity index (χ4v) is 3.84. The van der Waals surface area contributed by atoms with E-state index >= 15 is 0 Å². The number of esters is 1. The van der Waals surface area contributed by atoms with Crippen LogP contribution in [0.3, 0.4) is 0 Å². The van der Waals surface area contributed by atoms with Crippen LogP contribution in [-0.4, -0.2) is 20.9 Å². The number of rotatable bonds is 6. The summed E-state index contributed by atoms with van der Waals surface area (Å²) in [5.74, 6) is -1.64. The molecule has 3 rings (SSSR count). The summed E-state index contributed by atoms with van der Waals surface area (Å²) in [4.78, 5) is 21.7. The molecule has 3 aromatic rings. The SMILES string of the molecule is N#Cc1ccc(-c2ccc(OC(=O)C[S@](=O)c3ccc(C(F)(F)F)cc3[N+](=O)[O-])cc2)cc1. The number of carbonyl (C=O) groups is 1. The zero-order chi connectivity index (χ0) is 24.2. The van der Waals surface area contributed by atoms with Gasteiger partial charge in [-0.1, -0.05) is 24.3 Å². The Morgan fingerprint density at radius 2 is 1.61 bits per heavy atom. The van der Waals surface area contributed by atoms with Crippen LogP contribution in [0.15, 0.2) is 71.6 Å². The molecular weight excluding hydrogens is 461 g/mol. The summed E-state index contributed by atoms with van der Waals surface area (Å²) in [6, 6.07) is 16.6. The average Bonchev–Trinajstić information content (AvgIpc) is 2.78. The number of ether oxygens (including phenoxy) is 1. The van der Waals surface area contributed by atoms with Gasteiger partial charge in [0.15, 0.2) is 0 Å². The lowest BCUT2D eigenvalue weighted by Crippen LogP contribution is -2.18. The highest BCUT2D eigenvalue weighted by atomic mass is 32.2. The molecule has 0 N–H and O–H groups in total. The van der Waals surface area contributed by atoms with Gasteiger partial charge in [0.05, 0.1) is 32.9 Å². The van der Waals surface area contributed by atoms with E-state index in [1.807, 2.05) is 6.07 Å². The van der Waals surface area contributed by atoms with E-state index < -0.39 is 49.8 Å². The van der Waals surface area contributed by atoms with Gasteiger partial charge in [-0.25, -0.2) is 0 Å². The zero-order valence-corrected chi connectivity index (χ0v) is 17.4. The van der Waals surface area contributed by atoms with Crippen molar-refractivity contribution in [2.75, 3.05) is 5.75 Å². The van der Waals surface area contributed by atoms with Crippen molar-refractivity contribution >= 4 is 22.5 Å². The highest BCUT2D eigenvalue weighted by Crippen LogP contribution is 2.34. The van der Waals surface area contributed by atoms with Crippen molar-refractivity contribution < 1.29 is 31.8 Å². The second kappa shape index (κ2) is 9.62. The van der Waals surface area contributed by atoms with Crippen molar-refractivity contribution in [3.8, 4) is 22.9 Å². The summed E-state index contributed by atoms with van der Waals surface area (Å²) in [6.45, 7) is 0. The molecule has 3 aromatic carbocycles. The quantitative estimate of drug-likeness (QED) is 0.218. The first-order chi connectivity index (χ1) is 15.6. The molecule has 7 nitrogen and oxygen atoms in total. The van der Waals surface area contributed by atoms with Crippen LogP contribution in [0.5, 0.6) is 5.75 Å². The lowest BCUT2D eigenvalue weighted by atomic mass is 10.0. The minimum absolute atomic E-state index is 0.122. The van der Waals surface area contributed by atoms with Crippen LogP contribution in [0.25, 0.3) is 11.1 Å². The van der Waals surface area contributed by atoms with Gasteiger partial charge in [-0.15, -0.1) is 0 Å². The molecule has 0 unspecified atom stereocenters. The minimum atomic E-state index is -4.81. The predicted octanol–water partition coefficient (Wildman–Crippen LogP) is 4.87. The number of halogens is 3. The number of hydrogen-bond acceptors (Lipinski definition) is 6. The molecule has 0 aromatic heterocycles. The van der Waals surface area contributed by atoms with E-state index in [2.05, 4.69) is 0 Å². The molecule has 0 spiro atoms. The van der Waals surface area contributed by atoms with E-state index in [0.717, 1.165) is 17.2 Å². The van der Waals surface area contributed by atoms with Crippen molar-refractivity contribution in [3.05, 3.63) is 88.0 Å². The zero-order valence-electron chi connectivity index (χ0n) is 16.5. The van der Waals surface area contributed by atoms with Gasteiger partial charge in [0.25, 0.3) is 5.69 Å². The monoisotopic (exact) mass is 474 g/mol. The topological polar surface area (TPSA) is 110 Å². The smallest absolute Gasteiger partial charge is 0.416 e. The third-order valence-corrected chi connectivity index (χ3v) is 5.74. The van der Waals surface area contributed by atoms with Crippen LogP contribution in [0.1, 0.15) is 11.1 Å². The van der Waals surface area contributed by atoms with E-state index in [0.29, 0.717) is 11.6 Å². The Morgan fingerprint density at radius 3 is 2.12 bits per heavy atom. The largest absolute Gasteiger partial charge is 0.426 e. The number of hydrogen-bond donors (Lipinski definition) is 0. The van der Waals surface area contributed by atoms with Gasteiger partial charge in [-0.05, 0) is 47.5 Å². The number of nitro groups is 1. The van der Waals surface area contributed by atoms with Crippen molar-refractivity contribution in [2.24, 2.45) is 0 Å². The number of carbonyl (C=O) groups excluding carboxylic acids is 1. The van der Waals surface area contributed by atoms with Crippen molar-refractivity contribution in [1.29, 1.82) is 5.26 Å². The Kier molecular flexibility index (Phi) is 6.89. The van der Waals surface area contributed by atoms with E-state index in [1.54, 1.807) is 36.4 Å². The highest BCUT2D eigenvalue weighted by Gasteiger charge is 2.34. The average molecular weight is 474 g/mol. The van der Waals surface area contributed by atoms with Crippen molar-refractivity contribution in [3.63, 3.8) is 0 Å². The van der Waals surface area contributed by atoms with E-state index in [1.165, 1.54) is 12.1 Å². The van der Waals surface area contributed by atoms with Gasteiger partial charge >= 0.3 is 12.1 Å². The molecule has 0 amide bonds. The van der Waals surface area contributed by atoms with Gasteiger partial charge in [-0.3, -0.25) is 19.1 Å².